The Morgan fingerprint density at radius 3 is 2.55 bits per heavy atom. The first-order valence-corrected chi connectivity index (χ1v) is 11.0. The van der Waals surface area contributed by atoms with Gasteiger partial charge in [-0.05, 0) is 32.8 Å². The third kappa shape index (κ3) is 5.15. The molecule has 0 unspecified atom stereocenters. The minimum atomic E-state index is -0.347. The van der Waals surface area contributed by atoms with Crippen LogP contribution in [0.25, 0.3) is 0 Å². The van der Waals surface area contributed by atoms with Crippen molar-refractivity contribution in [2.45, 2.75) is 39.0 Å². The van der Waals surface area contributed by atoms with Crippen LogP contribution in [-0.4, -0.2) is 68.0 Å². The summed E-state index contributed by atoms with van der Waals surface area (Å²) in [5, 5.41) is 0. The number of carbonyl (C=O) groups excluding carboxylic acids is 1. The Labute approximate surface area is 185 Å². The van der Waals surface area contributed by atoms with Crippen LogP contribution < -0.4 is 4.90 Å². The molecule has 2 heterocycles. The number of methoxy groups -OCH3 is 1. The number of amides is 1. The van der Waals surface area contributed by atoms with Gasteiger partial charge in [-0.15, -0.1) is 0 Å². The number of anilines is 1. The van der Waals surface area contributed by atoms with Crippen molar-refractivity contribution in [1.29, 1.82) is 0 Å². The number of nitrogens with zero attached hydrogens (tertiary/aromatic N) is 4. The molecular weight excluding hydrogens is 392 g/mol. The molecule has 7 heteroatoms. The zero-order chi connectivity index (χ0) is 22.4. The van der Waals surface area contributed by atoms with E-state index in [1.807, 2.05) is 32.2 Å². The lowest BCUT2D eigenvalue weighted by Gasteiger charge is -2.28. The van der Waals surface area contributed by atoms with Crippen molar-refractivity contribution in [2.24, 2.45) is 0 Å². The maximum absolute atomic E-state index is 12.1. The van der Waals surface area contributed by atoms with E-state index in [2.05, 4.69) is 30.9 Å². The molecule has 0 spiro atoms. The van der Waals surface area contributed by atoms with E-state index in [1.165, 1.54) is 12.7 Å². The summed E-state index contributed by atoms with van der Waals surface area (Å²) < 4.78 is 10.5. The molecule has 1 aromatic heterocycles. The lowest BCUT2D eigenvalue weighted by molar-refractivity contribution is 0.125. The van der Waals surface area contributed by atoms with Gasteiger partial charge in [0, 0.05) is 50.7 Å². The Balaban J connectivity index is 2.02. The molecule has 0 radical (unpaired) electrons. The molecule has 7 nitrogen and oxygen atoms in total. The molecule has 1 aliphatic heterocycles. The van der Waals surface area contributed by atoms with Crippen LogP contribution in [0.1, 0.15) is 43.4 Å². The van der Waals surface area contributed by atoms with Crippen molar-refractivity contribution in [3.8, 4) is 0 Å². The quantitative estimate of drug-likeness (QED) is 0.632. The van der Waals surface area contributed by atoms with Crippen molar-refractivity contribution in [3.63, 3.8) is 0 Å². The second-order valence-electron chi connectivity index (χ2n) is 8.36. The van der Waals surface area contributed by atoms with E-state index in [1.54, 1.807) is 4.90 Å². The summed E-state index contributed by atoms with van der Waals surface area (Å²) in [7, 11) is 3.47. The standard InChI is InChI=1S/C24H34N4O3/c1-6-31-17-16-27(4)21-19-12-14-28(23(29)30-5)15-13-20(19)25-22(26-21)24(2,3)18-10-8-7-9-11-18/h7-11H,6,12-17H2,1-5H3. The molecule has 31 heavy (non-hydrogen) atoms. The Morgan fingerprint density at radius 1 is 1.16 bits per heavy atom. The molecular formula is C24H34N4O3. The van der Waals surface area contributed by atoms with Crippen LogP contribution in [0.5, 0.6) is 0 Å². The molecule has 0 N–H and O–H groups in total. The zero-order valence-corrected chi connectivity index (χ0v) is 19.4. The summed E-state index contributed by atoms with van der Waals surface area (Å²) in [6.07, 6.45) is 1.08. The molecule has 168 valence electrons. The monoisotopic (exact) mass is 426 g/mol. The second-order valence-corrected chi connectivity index (χ2v) is 8.36. The summed E-state index contributed by atoms with van der Waals surface area (Å²) in [6, 6.07) is 10.3. The highest BCUT2D eigenvalue weighted by Crippen LogP contribution is 2.33. The molecule has 0 bridgehead atoms. The van der Waals surface area contributed by atoms with Gasteiger partial charge in [0.25, 0.3) is 0 Å². The van der Waals surface area contributed by atoms with E-state index in [0.717, 1.165) is 29.4 Å². The predicted octanol–water partition coefficient (Wildman–Crippen LogP) is 3.44. The number of hydrogen-bond donors (Lipinski definition) is 0. The van der Waals surface area contributed by atoms with Gasteiger partial charge in [-0.2, -0.15) is 0 Å². The number of rotatable bonds is 7. The van der Waals surface area contributed by atoms with Crippen molar-refractivity contribution < 1.29 is 14.3 Å². The highest BCUT2D eigenvalue weighted by molar-refractivity contribution is 5.67. The van der Waals surface area contributed by atoms with Crippen LogP contribution >= 0.6 is 0 Å². The van der Waals surface area contributed by atoms with Crippen molar-refractivity contribution in [3.05, 3.63) is 53.0 Å². The molecule has 0 saturated carbocycles. The number of ether oxygens (including phenoxy) is 2. The van der Waals surface area contributed by atoms with Crippen LogP contribution in [0.3, 0.4) is 0 Å². The lowest BCUT2D eigenvalue weighted by atomic mass is 9.83. The fourth-order valence-electron chi connectivity index (χ4n) is 3.92. The fourth-order valence-corrected chi connectivity index (χ4v) is 3.92. The van der Waals surface area contributed by atoms with E-state index in [-0.39, 0.29) is 11.5 Å². The van der Waals surface area contributed by atoms with Gasteiger partial charge in [-0.3, -0.25) is 0 Å². The van der Waals surface area contributed by atoms with E-state index in [4.69, 9.17) is 19.4 Å². The molecule has 1 amide bonds. The van der Waals surface area contributed by atoms with Crippen LogP contribution in [0, 0.1) is 0 Å². The smallest absolute Gasteiger partial charge is 0.409 e. The Morgan fingerprint density at radius 2 is 1.87 bits per heavy atom. The molecule has 1 aliphatic rings. The highest BCUT2D eigenvalue weighted by Gasteiger charge is 2.31. The van der Waals surface area contributed by atoms with Gasteiger partial charge < -0.3 is 19.3 Å². The van der Waals surface area contributed by atoms with Gasteiger partial charge in [0.05, 0.1) is 19.4 Å². The molecule has 0 fully saturated rings. The second kappa shape index (κ2) is 10.1. The van der Waals surface area contributed by atoms with Gasteiger partial charge in [0.1, 0.15) is 11.6 Å². The summed E-state index contributed by atoms with van der Waals surface area (Å²) in [6.45, 7) is 9.56. The molecule has 3 rings (SSSR count). The number of fused-ring (bicyclic) bond motifs is 1. The van der Waals surface area contributed by atoms with Gasteiger partial charge in [0.2, 0.25) is 0 Å². The number of likely N-dealkylation sites (N-methyl/N-ethyl adjacent to an activating group) is 1. The summed E-state index contributed by atoms with van der Waals surface area (Å²) in [4.78, 5) is 26.1. The first-order chi connectivity index (χ1) is 14.9. The molecule has 0 aliphatic carbocycles. The molecule has 1 aromatic carbocycles. The van der Waals surface area contributed by atoms with Crippen LogP contribution in [0.2, 0.25) is 0 Å². The van der Waals surface area contributed by atoms with Crippen LogP contribution in [0.4, 0.5) is 10.6 Å². The van der Waals surface area contributed by atoms with E-state index < -0.39 is 0 Å². The van der Waals surface area contributed by atoms with Crippen LogP contribution in [0.15, 0.2) is 30.3 Å². The minimum Gasteiger partial charge on any atom is -0.453 e. The average molecular weight is 427 g/mol. The number of carbonyl (C=O) groups is 1. The van der Waals surface area contributed by atoms with Crippen LogP contribution in [-0.2, 0) is 27.7 Å². The maximum atomic E-state index is 12.1. The third-order valence-corrected chi connectivity index (χ3v) is 5.95. The predicted molar refractivity (Wildman–Crippen MR) is 122 cm³/mol. The average Bonchev–Trinajstić information content (AvgIpc) is 3.01. The lowest BCUT2D eigenvalue weighted by Crippen LogP contribution is -2.33. The van der Waals surface area contributed by atoms with Gasteiger partial charge in [0.15, 0.2) is 0 Å². The Kier molecular flexibility index (Phi) is 7.49. The van der Waals surface area contributed by atoms with Crippen molar-refractivity contribution in [2.75, 3.05) is 51.9 Å². The topological polar surface area (TPSA) is 67.8 Å². The summed E-state index contributed by atoms with van der Waals surface area (Å²) in [5.74, 6) is 1.72. The fraction of sp³-hybridized carbons (Fsp3) is 0.542. The number of aromatic nitrogens is 2. The van der Waals surface area contributed by atoms with Gasteiger partial charge in [-0.25, -0.2) is 14.8 Å². The van der Waals surface area contributed by atoms with E-state index in [0.29, 0.717) is 39.1 Å². The Hall–Kier alpha value is -2.67. The maximum Gasteiger partial charge on any atom is 0.409 e. The normalized spacial score (nSPS) is 14.0. The SMILES string of the molecule is CCOCCN(C)c1nc(C(C)(C)c2ccccc2)nc2c1CCN(C(=O)OC)CC2. The van der Waals surface area contributed by atoms with E-state index in [9.17, 15) is 4.79 Å². The molecule has 2 aromatic rings. The first-order valence-electron chi connectivity index (χ1n) is 11.0. The third-order valence-electron chi connectivity index (χ3n) is 5.95. The van der Waals surface area contributed by atoms with Gasteiger partial charge in [-0.1, -0.05) is 30.3 Å². The van der Waals surface area contributed by atoms with E-state index >= 15 is 0 Å². The summed E-state index contributed by atoms with van der Waals surface area (Å²) >= 11 is 0. The molecule has 0 atom stereocenters. The molecule has 0 saturated heterocycles. The largest absolute Gasteiger partial charge is 0.453 e. The Bertz CT molecular complexity index is 886. The first kappa shape index (κ1) is 23.0. The van der Waals surface area contributed by atoms with Crippen molar-refractivity contribution in [1.82, 2.24) is 14.9 Å². The zero-order valence-electron chi connectivity index (χ0n) is 19.4. The minimum absolute atomic E-state index is 0.295. The van der Waals surface area contributed by atoms with Gasteiger partial charge >= 0.3 is 6.09 Å². The van der Waals surface area contributed by atoms with Crippen molar-refractivity contribution >= 4 is 11.9 Å². The highest BCUT2D eigenvalue weighted by atomic mass is 16.5. The summed E-state index contributed by atoms with van der Waals surface area (Å²) in [5.41, 5.74) is 2.94. The number of benzene rings is 1. The number of hydrogen-bond acceptors (Lipinski definition) is 6.